The molecule has 1 aromatic carbocycles. The molecule has 0 radical (unpaired) electrons. The molecular formula is C15H20N2O5. The van der Waals surface area contributed by atoms with Crippen LogP contribution in [0.25, 0.3) is 0 Å². The minimum Gasteiger partial charge on any atom is -0.422 e. The summed E-state index contributed by atoms with van der Waals surface area (Å²) in [6, 6.07) is 7.01. The van der Waals surface area contributed by atoms with Crippen LogP contribution in [0.2, 0.25) is 0 Å². The van der Waals surface area contributed by atoms with Gasteiger partial charge in [-0.05, 0) is 37.5 Å². The maximum Gasteiger partial charge on any atom is 0.361 e. The quantitative estimate of drug-likeness (QED) is 0.144. The van der Waals surface area contributed by atoms with Crippen LogP contribution in [0, 0.1) is 17.0 Å². The lowest BCUT2D eigenvalue weighted by Gasteiger charge is -2.06. The number of nitro groups is 1. The maximum atomic E-state index is 11.9. The Morgan fingerprint density at radius 2 is 2.05 bits per heavy atom. The van der Waals surface area contributed by atoms with Gasteiger partial charge in [-0.1, -0.05) is 23.7 Å². The number of hydrogen-bond donors (Lipinski definition) is 1. The SMILES string of the molecule is Cc1cccc(OC(=O)C(CCCCCC[N+](=O)[O-])=NO)c1. The Bertz CT molecular complexity index is 542. The minimum absolute atomic E-state index is 0.0453. The molecule has 0 spiro atoms. The second-order valence-electron chi connectivity index (χ2n) is 4.97. The summed E-state index contributed by atoms with van der Waals surface area (Å²) in [7, 11) is 0. The largest absolute Gasteiger partial charge is 0.422 e. The molecule has 0 unspecified atom stereocenters. The van der Waals surface area contributed by atoms with Crippen LogP contribution in [0.15, 0.2) is 29.4 Å². The van der Waals surface area contributed by atoms with Gasteiger partial charge in [0, 0.05) is 17.8 Å². The zero-order valence-corrected chi connectivity index (χ0v) is 12.5. The molecule has 0 amide bonds. The topological polar surface area (TPSA) is 102 Å². The van der Waals surface area contributed by atoms with Crippen molar-refractivity contribution in [1.82, 2.24) is 0 Å². The molecule has 7 heteroatoms. The van der Waals surface area contributed by atoms with Crippen LogP contribution in [-0.2, 0) is 4.79 Å². The Balaban J connectivity index is 2.34. The third-order valence-electron chi connectivity index (χ3n) is 3.06. The average Bonchev–Trinajstić information content (AvgIpc) is 2.46. The second-order valence-corrected chi connectivity index (χ2v) is 4.97. The van der Waals surface area contributed by atoms with E-state index in [0.717, 1.165) is 12.0 Å². The summed E-state index contributed by atoms with van der Waals surface area (Å²) < 4.78 is 5.14. The van der Waals surface area contributed by atoms with Gasteiger partial charge in [0.15, 0.2) is 5.71 Å². The van der Waals surface area contributed by atoms with Crippen molar-refractivity contribution in [1.29, 1.82) is 0 Å². The van der Waals surface area contributed by atoms with E-state index in [1.165, 1.54) is 0 Å². The average molecular weight is 308 g/mol. The van der Waals surface area contributed by atoms with Crippen LogP contribution < -0.4 is 4.74 Å². The zero-order valence-electron chi connectivity index (χ0n) is 12.5. The van der Waals surface area contributed by atoms with Crippen LogP contribution in [0.1, 0.15) is 37.7 Å². The Hall–Kier alpha value is -2.44. The summed E-state index contributed by atoms with van der Waals surface area (Å²) >= 11 is 0. The highest BCUT2D eigenvalue weighted by Crippen LogP contribution is 2.13. The van der Waals surface area contributed by atoms with Gasteiger partial charge in [-0.15, -0.1) is 0 Å². The van der Waals surface area contributed by atoms with E-state index in [2.05, 4.69) is 5.16 Å². The number of hydrogen-bond acceptors (Lipinski definition) is 6. The van der Waals surface area contributed by atoms with Crippen LogP contribution in [0.3, 0.4) is 0 Å². The first kappa shape index (κ1) is 17.6. The van der Waals surface area contributed by atoms with Crippen molar-refractivity contribution in [3.63, 3.8) is 0 Å². The Kier molecular flexibility index (Phi) is 7.60. The van der Waals surface area contributed by atoms with E-state index in [9.17, 15) is 14.9 Å². The van der Waals surface area contributed by atoms with Crippen molar-refractivity contribution in [2.24, 2.45) is 5.16 Å². The Labute approximate surface area is 128 Å². The highest BCUT2D eigenvalue weighted by molar-refractivity contribution is 6.36. The first-order valence-electron chi connectivity index (χ1n) is 7.14. The van der Waals surface area contributed by atoms with E-state index in [-0.39, 0.29) is 23.6 Å². The van der Waals surface area contributed by atoms with Gasteiger partial charge < -0.3 is 9.94 Å². The monoisotopic (exact) mass is 308 g/mol. The molecule has 0 saturated heterocycles. The van der Waals surface area contributed by atoms with Crippen LogP contribution >= 0.6 is 0 Å². The van der Waals surface area contributed by atoms with Gasteiger partial charge in [-0.3, -0.25) is 10.1 Å². The third kappa shape index (κ3) is 6.83. The molecule has 0 bridgehead atoms. The number of unbranched alkanes of at least 4 members (excludes halogenated alkanes) is 3. The van der Waals surface area contributed by atoms with Crippen molar-refractivity contribution >= 4 is 11.7 Å². The summed E-state index contributed by atoms with van der Waals surface area (Å²) in [6.45, 7) is 1.83. The summed E-state index contributed by atoms with van der Waals surface area (Å²) in [5, 5.41) is 22.1. The molecule has 0 saturated carbocycles. The standard InChI is InChI=1S/C15H20N2O5/c1-12-7-6-8-13(11-12)22-15(18)14(16-19)9-4-2-3-5-10-17(20)21/h6-8,11,19H,2-5,9-10H2,1H3. The molecule has 0 atom stereocenters. The zero-order chi connectivity index (χ0) is 16.4. The predicted octanol–water partition coefficient (Wildman–Crippen LogP) is 2.96. The van der Waals surface area contributed by atoms with E-state index in [1.807, 2.05) is 13.0 Å². The fraction of sp³-hybridized carbons (Fsp3) is 0.467. The number of rotatable bonds is 9. The number of benzene rings is 1. The number of nitrogens with zero attached hydrogens (tertiary/aromatic N) is 2. The van der Waals surface area contributed by atoms with Crippen molar-refractivity contribution in [3.05, 3.63) is 39.9 Å². The fourth-order valence-corrected chi connectivity index (χ4v) is 1.92. The predicted molar refractivity (Wildman–Crippen MR) is 81.0 cm³/mol. The molecule has 22 heavy (non-hydrogen) atoms. The number of ether oxygens (including phenoxy) is 1. The number of carbonyl (C=O) groups excluding carboxylic acids is 1. The lowest BCUT2D eigenvalue weighted by Crippen LogP contribution is -2.20. The molecule has 1 aromatic rings. The molecule has 1 rings (SSSR count). The van der Waals surface area contributed by atoms with Gasteiger partial charge in [0.2, 0.25) is 6.54 Å². The first-order valence-corrected chi connectivity index (χ1v) is 7.14. The molecule has 1 N–H and O–H groups in total. The molecule has 0 aliphatic carbocycles. The molecule has 0 aromatic heterocycles. The minimum atomic E-state index is -0.682. The van der Waals surface area contributed by atoms with Crippen molar-refractivity contribution in [2.45, 2.75) is 39.0 Å². The van der Waals surface area contributed by atoms with Crippen LogP contribution in [-0.4, -0.2) is 28.4 Å². The number of aryl methyl sites for hydroxylation is 1. The summed E-state index contributed by atoms with van der Waals surface area (Å²) in [5.41, 5.74) is 0.911. The van der Waals surface area contributed by atoms with Gasteiger partial charge in [-0.25, -0.2) is 4.79 Å². The highest BCUT2D eigenvalue weighted by atomic mass is 16.6. The van der Waals surface area contributed by atoms with Gasteiger partial charge in [0.05, 0.1) is 0 Å². The van der Waals surface area contributed by atoms with Crippen LogP contribution in [0.5, 0.6) is 5.75 Å². The third-order valence-corrected chi connectivity index (χ3v) is 3.06. The van der Waals surface area contributed by atoms with Crippen molar-refractivity contribution in [2.75, 3.05) is 6.54 Å². The molecule has 0 aliphatic rings. The summed E-state index contributed by atoms with van der Waals surface area (Å²) in [5.74, 6) is -0.282. The second kappa shape index (κ2) is 9.49. The van der Waals surface area contributed by atoms with Crippen LogP contribution in [0.4, 0.5) is 0 Å². The highest BCUT2D eigenvalue weighted by Gasteiger charge is 2.14. The lowest BCUT2D eigenvalue weighted by molar-refractivity contribution is -0.480. The molecule has 7 nitrogen and oxygen atoms in total. The maximum absolute atomic E-state index is 11.9. The van der Waals surface area contributed by atoms with Crippen molar-refractivity contribution in [3.8, 4) is 5.75 Å². The van der Waals surface area contributed by atoms with E-state index < -0.39 is 5.97 Å². The fourth-order valence-electron chi connectivity index (χ4n) is 1.92. The smallest absolute Gasteiger partial charge is 0.361 e. The molecule has 0 fully saturated rings. The van der Waals surface area contributed by atoms with Crippen molar-refractivity contribution < 1.29 is 19.7 Å². The number of carbonyl (C=O) groups is 1. The molecular weight excluding hydrogens is 288 g/mol. The normalized spacial score (nSPS) is 11.2. The van der Waals surface area contributed by atoms with E-state index in [4.69, 9.17) is 9.94 Å². The lowest BCUT2D eigenvalue weighted by atomic mass is 10.1. The Morgan fingerprint density at radius 1 is 1.32 bits per heavy atom. The molecule has 0 aliphatic heterocycles. The van der Waals surface area contributed by atoms with E-state index >= 15 is 0 Å². The van der Waals surface area contributed by atoms with Gasteiger partial charge in [0.25, 0.3) is 0 Å². The first-order chi connectivity index (χ1) is 10.5. The van der Waals surface area contributed by atoms with Gasteiger partial charge in [0.1, 0.15) is 5.75 Å². The number of oxime groups is 1. The van der Waals surface area contributed by atoms with E-state index in [1.54, 1.807) is 18.2 Å². The number of esters is 1. The van der Waals surface area contributed by atoms with E-state index in [0.29, 0.717) is 25.0 Å². The molecule has 120 valence electrons. The van der Waals surface area contributed by atoms with Gasteiger partial charge in [-0.2, -0.15) is 0 Å². The van der Waals surface area contributed by atoms with Gasteiger partial charge >= 0.3 is 5.97 Å². The Morgan fingerprint density at radius 3 is 2.68 bits per heavy atom. The molecule has 0 heterocycles. The summed E-state index contributed by atoms with van der Waals surface area (Å²) in [6.07, 6.45) is 2.82. The summed E-state index contributed by atoms with van der Waals surface area (Å²) in [4.78, 5) is 21.7.